The van der Waals surface area contributed by atoms with Crippen LogP contribution in [0.15, 0.2) is 79.1 Å². The van der Waals surface area contributed by atoms with E-state index >= 15 is 0 Å². The number of carbonyl (C=O) groups excluding carboxylic acids is 1. The third kappa shape index (κ3) is 4.67. The molecule has 31 heavy (non-hydrogen) atoms. The van der Waals surface area contributed by atoms with Crippen molar-refractivity contribution in [3.63, 3.8) is 0 Å². The fraction of sp³-hybridized carbons (Fsp3) is 0.154. The van der Waals surface area contributed by atoms with E-state index in [4.69, 9.17) is 4.74 Å². The number of para-hydroxylation sites is 1. The molecule has 1 N–H and O–H groups in total. The van der Waals surface area contributed by atoms with Crippen LogP contribution < -0.4 is 10.1 Å². The molecule has 5 heteroatoms. The molecule has 1 aromatic heterocycles. The summed E-state index contributed by atoms with van der Waals surface area (Å²) < 4.78 is 7.87. The van der Waals surface area contributed by atoms with Gasteiger partial charge in [-0.05, 0) is 48.2 Å². The number of amides is 1. The summed E-state index contributed by atoms with van der Waals surface area (Å²) in [7, 11) is 1.88. The molecule has 0 bridgehead atoms. The first-order valence-electron chi connectivity index (χ1n) is 10.2. The lowest BCUT2D eigenvalue weighted by molar-refractivity contribution is 0.102. The van der Waals surface area contributed by atoms with Crippen molar-refractivity contribution in [1.82, 2.24) is 9.78 Å². The molecule has 5 nitrogen and oxygen atoms in total. The molecule has 0 radical (unpaired) electrons. The van der Waals surface area contributed by atoms with Gasteiger partial charge in [-0.1, -0.05) is 54.6 Å². The average molecular weight is 412 g/mol. The van der Waals surface area contributed by atoms with Crippen molar-refractivity contribution in [2.45, 2.75) is 20.5 Å². The number of anilines is 1. The van der Waals surface area contributed by atoms with Crippen LogP contribution in [0.2, 0.25) is 0 Å². The molecule has 4 rings (SSSR count). The van der Waals surface area contributed by atoms with E-state index in [2.05, 4.69) is 10.4 Å². The highest BCUT2D eigenvalue weighted by Gasteiger charge is 2.17. The summed E-state index contributed by atoms with van der Waals surface area (Å²) in [4.78, 5) is 13.2. The Hall–Kier alpha value is -3.86. The van der Waals surface area contributed by atoms with Crippen LogP contribution in [0.3, 0.4) is 0 Å². The Kier molecular flexibility index (Phi) is 5.85. The predicted molar refractivity (Wildman–Crippen MR) is 123 cm³/mol. The molecule has 3 aromatic carbocycles. The summed E-state index contributed by atoms with van der Waals surface area (Å²) >= 11 is 0. The van der Waals surface area contributed by atoms with Gasteiger partial charge in [0.25, 0.3) is 5.91 Å². The molecular formula is C26H25N3O2. The molecule has 1 amide bonds. The second-order valence-corrected chi connectivity index (χ2v) is 7.61. The summed E-state index contributed by atoms with van der Waals surface area (Å²) in [5.41, 5.74) is 6.31. The number of benzene rings is 3. The number of nitrogens with zero attached hydrogens (tertiary/aromatic N) is 2. The zero-order valence-electron chi connectivity index (χ0n) is 17.9. The highest BCUT2D eigenvalue weighted by Crippen LogP contribution is 2.29. The monoisotopic (exact) mass is 411 g/mol. The van der Waals surface area contributed by atoms with Gasteiger partial charge in [0.1, 0.15) is 12.4 Å². The number of aromatic nitrogens is 2. The zero-order chi connectivity index (χ0) is 21.8. The summed E-state index contributed by atoms with van der Waals surface area (Å²) in [6, 6.07) is 21.5. The maximum Gasteiger partial charge on any atom is 0.259 e. The van der Waals surface area contributed by atoms with E-state index in [1.807, 2.05) is 93.8 Å². The van der Waals surface area contributed by atoms with Crippen molar-refractivity contribution < 1.29 is 9.53 Å². The molecule has 0 saturated carbocycles. The van der Waals surface area contributed by atoms with Crippen LogP contribution in [-0.2, 0) is 13.7 Å². The van der Waals surface area contributed by atoms with Gasteiger partial charge >= 0.3 is 0 Å². The van der Waals surface area contributed by atoms with Gasteiger partial charge in [0.2, 0.25) is 0 Å². The van der Waals surface area contributed by atoms with Gasteiger partial charge in [-0.3, -0.25) is 9.48 Å². The second kappa shape index (κ2) is 8.88. The lowest BCUT2D eigenvalue weighted by atomic mass is 10.0. The number of hydrogen-bond donors (Lipinski definition) is 1. The molecule has 0 aliphatic heterocycles. The molecule has 156 valence electrons. The Bertz CT molecular complexity index is 1190. The normalized spacial score (nSPS) is 10.7. The molecule has 0 fully saturated rings. The maximum atomic E-state index is 13.2. The molecule has 4 aromatic rings. The lowest BCUT2D eigenvalue weighted by Gasteiger charge is -2.15. The van der Waals surface area contributed by atoms with Crippen LogP contribution in [0.25, 0.3) is 11.1 Å². The van der Waals surface area contributed by atoms with Crippen molar-refractivity contribution in [1.29, 1.82) is 0 Å². The SMILES string of the molecule is Cc1cccc(C)c1NC(=O)c1ccc(-c2cnn(C)c2)cc1OCc1ccccc1. The van der Waals surface area contributed by atoms with Crippen molar-refractivity contribution >= 4 is 11.6 Å². The average Bonchev–Trinajstić information content (AvgIpc) is 3.21. The Labute approximate surface area is 182 Å². The van der Waals surface area contributed by atoms with Gasteiger partial charge in [-0.2, -0.15) is 5.10 Å². The number of aryl methyl sites for hydroxylation is 3. The van der Waals surface area contributed by atoms with Crippen LogP contribution >= 0.6 is 0 Å². The first kappa shape index (κ1) is 20.4. The quantitative estimate of drug-likeness (QED) is 0.453. The van der Waals surface area contributed by atoms with Gasteiger partial charge in [0, 0.05) is 24.5 Å². The molecule has 0 aliphatic rings. The Balaban J connectivity index is 1.67. The molecular weight excluding hydrogens is 386 g/mol. The smallest absolute Gasteiger partial charge is 0.259 e. The van der Waals surface area contributed by atoms with E-state index in [1.54, 1.807) is 10.9 Å². The number of nitrogens with one attached hydrogen (secondary N) is 1. The summed E-state index contributed by atoms with van der Waals surface area (Å²) in [5, 5.41) is 7.31. The standard InChI is InChI=1S/C26H25N3O2/c1-18-8-7-9-19(2)25(18)28-26(30)23-13-12-21(22-15-27-29(3)16-22)14-24(23)31-17-20-10-5-4-6-11-20/h4-16H,17H2,1-3H3,(H,28,30). The van der Waals surface area contributed by atoms with Crippen LogP contribution in [-0.4, -0.2) is 15.7 Å². The Morgan fingerprint density at radius 3 is 2.39 bits per heavy atom. The lowest BCUT2D eigenvalue weighted by Crippen LogP contribution is -2.15. The Morgan fingerprint density at radius 1 is 0.968 bits per heavy atom. The van der Waals surface area contributed by atoms with Crippen LogP contribution in [0.4, 0.5) is 5.69 Å². The van der Waals surface area contributed by atoms with Crippen molar-refractivity contribution in [2.75, 3.05) is 5.32 Å². The van der Waals surface area contributed by atoms with Crippen molar-refractivity contribution in [3.8, 4) is 16.9 Å². The van der Waals surface area contributed by atoms with Gasteiger partial charge in [0.15, 0.2) is 0 Å². The number of rotatable bonds is 6. The zero-order valence-corrected chi connectivity index (χ0v) is 17.9. The van der Waals surface area contributed by atoms with Crippen LogP contribution in [0, 0.1) is 13.8 Å². The maximum absolute atomic E-state index is 13.2. The van der Waals surface area contributed by atoms with E-state index in [9.17, 15) is 4.79 Å². The number of hydrogen-bond acceptors (Lipinski definition) is 3. The molecule has 0 atom stereocenters. The third-order valence-corrected chi connectivity index (χ3v) is 5.22. The van der Waals surface area contributed by atoms with E-state index in [1.165, 1.54) is 0 Å². The van der Waals surface area contributed by atoms with Gasteiger partial charge in [-0.15, -0.1) is 0 Å². The van der Waals surface area contributed by atoms with E-state index in [-0.39, 0.29) is 5.91 Å². The minimum absolute atomic E-state index is 0.196. The van der Waals surface area contributed by atoms with Gasteiger partial charge < -0.3 is 10.1 Å². The first-order valence-corrected chi connectivity index (χ1v) is 10.2. The molecule has 0 saturated heterocycles. The van der Waals surface area contributed by atoms with Crippen LogP contribution in [0.1, 0.15) is 27.0 Å². The topological polar surface area (TPSA) is 56.2 Å². The molecule has 0 spiro atoms. The highest BCUT2D eigenvalue weighted by molar-refractivity contribution is 6.07. The summed E-state index contributed by atoms with van der Waals surface area (Å²) in [5.74, 6) is 0.340. The number of ether oxygens (including phenoxy) is 1. The highest BCUT2D eigenvalue weighted by atomic mass is 16.5. The van der Waals surface area contributed by atoms with Gasteiger partial charge in [0.05, 0.1) is 11.8 Å². The fourth-order valence-corrected chi connectivity index (χ4v) is 3.51. The van der Waals surface area contributed by atoms with Crippen molar-refractivity contribution in [2.24, 2.45) is 7.05 Å². The second-order valence-electron chi connectivity index (χ2n) is 7.61. The largest absolute Gasteiger partial charge is 0.488 e. The Morgan fingerprint density at radius 2 is 1.71 bits per heavy atom. The van der Waals surface area contributed by atoms with Crippen LogP contribution in [0.5, 0.6) is 5.75 Å². The van der Waals surface area contributed by atoms with Gasteiger partial charge in [-0.25, -0.2) is 0 Å². The van der Waals surface area contributed by atoms with E-state index in [0.29, 0.717) is 17.9 Å². The fourth-order valence-electron chi connectivity index (χ4n) is 3.51. The third-order valence-electron chi connectivity index (χ3n) is 5.22. The van der Waals surface area contributed by atoms with Crippen molar-refractivity contribution in [3.05, 3.63) is 101 Å². The first-order chi connectivity index (χ1) is 15.0. The molecule has 0 aliphatic carbocycles. The minimum atomic E-state index is -0.196. The van der Waals surface area contributed by atoms with E-state index < -0.39 is 0 Å². The summed E-state index contributed by atoms with van der Waals surface area (Å²) in [6.45, 7) is 4.35. The minimum Gasteiger partial charge on any atom is -0.488 e. The van der Waals surface area contributed by atoms with E-state index in [0.717, 1.165) is 33.5 Å². The molecule has 0 unspecified atom stereocenters. The predicted octanol–water partition coefficient (Wildman–Crippen LogP) is 5.54. The summed E-state index contributed by atoms with van der Waals surface area (Å²) in [6.07, 6.45) is 3.74. The molecule has 1 heterocycles. The number of carbonyl (C=O) groups is 1.